The molecule has 106 valence electrons. The zero-order valence-corrected chi connectivity index (χ0v) is 14.0. The summed E-state index contributed by atoms with van der Waals surface area (Å²) in [5, 5.41) is 2.59. The number of halogens is 1. The number of aryl methyl sites for hydroxylation is 2. The molecule has 0 atom stereocenters. The van der Waals surface area contributed by atoms with Gasteiger partial charge in [-0.25, -0.2) is 0 Å². The molecule has 2 nitrogen and oxygen atoms in total. The predicted molar refractivity (Wildman–Crippen MR) is 83.2 cm³/mol. The Morgan fingerprint density at radius 3 is 2.48 bits per heavy atom. The molecule has 0 saturated heterocycles. The van der Waals surface area contributed by atoms with Gasteiger partial charge in [-0.15, -0.1) is 0 Å². The molecule has 4 rings (SSSR count). The van der Waals surface area contributed by atoms with Crippen LogP contribution < -0.4 is 21.4 Å². The Morgan fingerprint density at radius 1 is 0.905 bits per heavy atom. The molecule has 0 fully saturated rings. The minimum atomic E-state index is 0. The lowest BCUT2D eigenvalue weighted by molar-refractivity contribution is -0.511. The van der Waals surface area contributed by atoms with Crippen molar-refractivity contribution in [2.24, 2.45) is 0 Å². The third kappa shape index (κ3) is 1.88. The Kier molecular flexibility index (Phi) is 3.25. The first kappa shape index (κ1) is 14.1. The molecule has 0 aliphatic carbocycles. The number of nitrogens with zero attached hydrogens (tertiary/aromatic N) is 1. The Labute approximate surface area is 134 Å². The summed E-state index contributed by atoms with van der Waals surface area (Å²) >= 11 is 0. The molecule has 0 aliphatic heterocycles. The first-order valence-corrected chi connectivity index (χ1v) is 6.98. The van der Waals surface area contributed by atoms with Gasteiger partial charge in [-0.3, -0.25) is 0 Å². The van der Waals surface area contributed by atoms with E-state index in [1.54, 1.807) is 0 Å². The summed E-state index contributed by atoms with van der Waals surface area (Å²) in [5.74, 6) is 0. The van der Waals surface area contributed by atoms with E-state index in [-0.39, 0.29) is 17.0 Å². The molecule has 1 N–H and O–H groups in total. The van der Waals surface area contributed by atoms with E-state index in [1.165, 1.54) is 44.0 Å². The van der Waals surface area contributed by atoms with Gasteiger partial charge in [0.1, 0.15) is 5.52 Å². The number of aromatic amines is 1. The van der Waals surface area contributed by atoms with E-state index < -0.39 is 0 Å². The number of benzene rings is 1. The lowest BCUT2D eigenvalue weighted by Gasteiger charge is -2.04. The molecule has 0 radical (unpaired) electrons. The highest BCUT2D eigenvalue weighted by molar-refractivity contribution is 6.11. The Hall–Kier alpha value is -1.87. The van der Waals surface area contributed by atoms with E-state index in [1.807, 2.05) is 0 Å². The van der Waals surface area contributed by atoms with Crippen molar-refractivity contribution in [1.29, 1.82) is 0 Å². The molecule has 0 spiro atoms. The molecule has 0 bridgehead atoms. The van der Waals surface area contributed by atoms with E-state index in [4.69, 9.17) is 0 Å². The lowest BCUT2D eigenvalue weighted by atomic mass is 10.0. The highest BCUT2D eigenvalue weighted by Gasteiger charge is 2.17. The van der Waals surface area contributed by atoms with Gasteiger partial charge < -0.3 is 22.0 Å². The van der Waals surface area contributed by atoms with E-state index in [2.05, 4.69) is 72.9 Å². The number of fused-ring (bicyclic) bond motifs is 5. The molecule has 0 unspecified atom stereocenters. The topological polar surface area (TPSA) is 19.9 Å². The Bertz CT molecular complexity index is 983. The van der Waals surface area contributed by atoms with Crippen LogP contribution in [-0.2, 0) is 0 Å². The van der Waals surface area contributed by atoms with Crippen LogP contribution in [0.25, 0.3) is 27.3 Å². The first-order valence-electron chi connectivity index (χ1n) is 6.98. The zero-order chi connectivity index (χ0) is 13.9. The molecule has 0 aliphatic rings. The van der Waals surface area contributed by atoms with E-state index >= 15 is 0 Å². The van der Waals surface area contributed by atoms with Crippen molar-refractivity contribution in [1.82, 2.24) is 4.98 Å². The molecule has 3 aromatic heterocycles. The number of nitrogens with one attached hydrogen (secondary N) is 1. The number of hydrogen-bond donors (Lipinski definition) is 1. The van der Waals surface area contributed by atoms with Crippen LogP contribution in [-0.4, -0.2) is 4.98 Å². The number of aromatic nitrogens is 2. The van der Waals surface area contributed by atoms with Crippen molar-refractivity contribution in [3.8, 4) is 0 Å². The van der Waals surface area contributed by atoms with E-state index in [9.17, 15) is 0 Å². The van der Waals surface area contributed by atoms with Gasteiger partial charge in [-0.2, -0.15) is 4.40 Å². The number of pyridine rings is 2. The Balaban J connectivity index is 0.00000132. The van der Waals surface area contributed by atoms with Gasteiger partial charge in [-0.05, 0) is 32.4 Å². The number of para-hydroxylation sites is 1. The monoisotopic (exact) mass is 340 g/mol. The van der Waals surface area contributed by atoms with Crippen LogP contribution in [0.1, 0.15) is 16.7 Å². The molecule has 0 amide bonds. The number of rotatable bonds is 0. The van der Waals surface area contributed by atoms with Crippen molar-refractivity contribution in [2.75, 3.05) is 0 Å². The van der Waals surface area contributed by atoms with Gasteiger partial charge in [0.25, 0.3) is 0 Å². The second-order valence-electron chi connectivity index (χ2n) is 5.59. The average molecular weight is 341 g/mol. The van der Waals surface area contributed by atoms with Crippen molar-refractivity contribution in [3.63, 3.8) is 0 Å². The third-order valence-electron chi connectivity index (χ3n) is 4.48. The second kappa shape index (κ2) is 4.85. The zero-order valence-electron chi connectivity index (χ0n) is 12.4. The third-order valence-corrected chi connectivity index (χ3v) is 4.48. The van der Waals surface area contributed by atoms with Crippen LogP contribution in [0.2, 0.25) is 0 Å². The maximum Gasteiger partial charge on any atom is 0.238 e. The van der Waals surface area contributed by atoms with E-state index in [0.717, 1.165) is 0 Å². The second-order valence-corrected chi connectivity index (χ2v) is 5.59. The van der Waals surface area contributed by atoms with Crippen molar-refractivity contribution < 1.29 is 21.4 Å². The molecule has 4 aromatic rings. The van der Waals surface area contributed by atoms with Crippen LogP contribution in [0, 0.1) is 20.8 Å². The first-order chi connectivity index (χ1) is 9.66. The number of hydrogen-bond acceptors (Lipinski definition) is 0. The van der Waals surface area contributed by atoms with Crippen LogP contribution in [0.3, 0.4) is 0 Å². The summed E-state index contributed by atoms with van der Waals surface area (Å²) in [7, 11) is 0. The SMILES string of the molecule is Cc1c[n+]2ccc3c4ccccc4[nH]c3c2c(C)c1C.[Br-]. The quantitative estimate of drug-likeness (QED) is 0.461. The van der Waals surface area contributed by atoms with Crippen LogP contribution in [0.15, 0.2) is 42.7 Å². The fraction of sp³-hybridized carbons (Fsp3) is 0.167. The fourth-order valence-electron chi connectivity index (χ4n) is 3.15. The van der Waals surface area contributed by atoms with Gasteiger partial charge in [0.2, 0.25) is 5.52 Å². The number of H-pyrrole nitrogens is 1. The Morgan fingerprint density at radius 2 is 1.67 bits per heavy atom. The van der Waals surface area contributed by atoms with Gasteiger partial charge in [0.05, 0.1) is 0 Å². The standard InChI is InChI=1S/C18H16N2.BrH/c1-11-10-20-9-8-15-14-6-4-5-7-16(14)19-17(15)18(20)13(3)12(11)2;/h4-10H,1-3H3;1H. The van der Waals surface area contributed by atoms with Crippen LogP contribution in [0.4, 0.5) is 0 Å². The normalized spacial score (nSPS) is 11.2. The molecule has 0 saturated carbocycles. The highest BCUT2D eigenvalue weighted by Crippen LogP contribution is 2.28. The summed E-state index contributed by atoms with van der Waals surface area (Å²) in [5.41, 5.74) is 7.76. The summed E-state index contributed by atoms with van der Waals surface area (Å²) in [4.78, 5) is 3.59. The molecular weight excluding hydrogens is 324 g/mol. The predicted octanol–water partition coefficient (Wildman–Crippen LogP) is 0.989. The summed E-state index contributed by atoms with van der Waals surface area (Å²) in [6, 6.07) is 10.7. The fourth-order valence-corrected chi connectivity index (χ4v) is 3.15. The lowest BCUT2D eigenvalue weighted by Crippen LogP contribution is -3.00. The summed E-state index contributed by atoms with van der Waals surface area (Å²) in [6.07, 6.45) is 4.38. The highest BCUT2D eigenvalue weighted by atomic mass is 79.9. The van der Waals surface area contributed by atoms with E-state index in [0.29, 0.717) is 0 Å². The van der Waals surface area contributed by atoms with Gasteiger partial charge in [0, 0.05) is 33.5 Å². The maximum absolute atomic E-state index is 3.59. The average Bonchev–Trinajstić information content (AvgIpc) is 2.83. The van der Waals surface area contributed by atoms with Crippen LogP contribution >= 0.6 is 0 Å². The summed E-state index contributed by atoms with van der Waals surface area (Å²) in [6.45, 7) is 6.58. The minimum absolute atomic E-state index is 0. The largest absolute Gasteiger partial charge is 1.00 e. The van der Waals surface area contributed by atoms with Gasteiger partial charge >= 0.3 is 0 Å². The van der Waals surface area contributed by atoms with Crippen molar-refractivity contribution >= 4 is 27.3 Å². The molecule has 21 heavy (non-hydrogen) atoms. The van der Waals surface area contributed by atoms with Crippen molar-refractivity contribution in [2.45, 2.75) is 20.8 Å². The molecule has 1 aromatic carbocycles. The molecule has 3 heteroatoms. The minimum Gasteiger partial charge on any atom is -1.00 e. The van der Waals surface area contributed by atoms with Crippen LogP contribution in [0.5, 0.6) is 0 Å². The maximum atomic E-state index is 3.59. The molecule has 3 heterocycles. The van der Waals surface area contributed by atoms with Gasteiger partial charge in [-0.1, -0.05) is 18.2 Å². The molecular formula is C18H17BrN2. The summed E-state index contributed by atoms with van der Waals surface area (Å²) < 4.78 is 2.23. The van der Waals surface area contributed by atoms with Gasteiger partial charge in [0.15, 0.2) is 12.4 Å². The smallest absolute Gasteiger partial charge is 0.238 e. The van der Waals surface area contributed by atoms with Crippen molar-refractivity contribution in [3.05, 3.63) is 59.4 Å².